The van der Waals surface area contributed by atoms with E-state index in [1.807, 2.05) is 31.2 Å². The maximum atomic E-state index is 11.8. The first-order valence-electron chi connectivity index (χ1n) is 7.73. The van der Waals surface area contributed by atoms with Crippen LogP contribution < -0.4 is 4.74 Å². The molecule has 0 saturated carbocycles. The highest BCUT2D eigenvalue weighted by Crippen LogP contribution is 2.32. The first-order valence-corrected chi connectivity index (χ1v) is 9.62. The van der Waals surface area contributed by atoms with Crippen LogP contribution in [-0.4, -0.2) is 46.3 Å². The summed E-state index contributed by atoms with van der Waals surface area (Å²) >= 11 is 0. The number of hydrogen-bond donors (Lipinski definition) is 0. The summed E-state index contributed by atoms with van der Waals surface area (Å²) < 4.78 is 30.5. The van der Waals surface area contributed by atoms with Crippen molar-refractivity contribution in [2.24, 2.45) is 0 Å². The summed E-state index contributed by atoms with van der Waals surface area (Å²) in [5.74, 6) is 0.729. The van der Waals surface area contributed by atoms with Crippen molar-refractivity contribution >= 4 is 26.5 Å². The summed E-state index contributed by atoms with van der Waals surface area (Å²) in [6.45, 7) is 2.00. The Bertz CT molecular complexity index is 1260. The van der Waals surface area contributed by atoms with Gasteiger partial charge in [-0.05, 0) is 36.2 Å². The molecule has 0 aliphatic carbocycles. The summed E-state index contributed by atoms with van der Waals surface area (Å²) in [5.41, 5.74) is 3.83. The fourth-order valence-corrected chi connectivity index (χ4v) is 3.35. The second-order valence-corrected chi connectivity index (χ2v) is 7.88. The van der Waals surface area contributed by atoms with Gasteiger partial charge in [0.2, 0.25) is 15.0 Å². The Morgan fingerprint density at radius 3 is 2.65 bits per heavy atom. The number of methoxy groups -OCH3 is 1. The minimum atomic E-state index is -3.52. The van der Waals surface area contributed by atoms with Crippen LogP contribution in [0.3, 0.4) is 0 Å². The molecule has 4 aromatic rings. The molecule has 26 heavy (non-hydrogen) atoms. The summed E-state index contributed by atoms with van der Waals surface area (Å²) in [4.78, 5) is 8.18. The van der Waals surface area contributed by atoms with Gasteiger partial charge in [-0.2, -0.15) is 4.98 Å². The number of hydrogen-bond acceptors (Lipinski definition) is 7. The Labute approximate surface area is 149 Å². The van der Waals surface area contributed by atoms with Crippen molar-refractivity contribution < 1.29 is 13.2 Å². The average molecular weight is 369 g/mol. The van der Waals surface area contributed by atoms with Gasteiger partial charge in [-0.1, -0.05) is 6.07 Å². The predicted octanol–water partition coefficient (Wildman–Crippen LogP) is 2.06. The highest BCUT2D eigenvalue weighted by molar-refractivity contribution is 7.90. The third-order valence-electron chi connectivity index (χ3n) is 4.16. The van der Waals surface area contributed by atoms with Crippen LogP contribution in [0.1, 0.15) is 5.56 Å². The van der Waals surface area contributed by atoms with Gasteiger partial charge in [0.25, 0.3) is 0 Å². The van der Waals surface area contributed by atoms with Crippen LogP contribution in [0.15, 0.2) is 41.9 Å². The van der Waals surface area contributed by atoms with Gasteiger partial charge in [-0.15, -0.1) is 10.2 Å². The summed E-state index contributed by atoms with van der Waals surface area (Å²) in [6, 6.07) is 7.67. The van der Waals surface area contributed by atoms with Gasteiger partial charge in [0.15, 0.2) is 11.3 Å². The molecule has 0 fully saturated rings. The van der Waals surface area contributed by atoms with Crippen LogP contribution in [0, 0.1) is 6.92 Å². The Morgan fingerprint density at radius 2 is 1.92 bits per heavy atom. The SMILES string of the molecule is COc1ccc(C)c(-c2cc3cnc(S(C)(=O)=O)nc3n3cnnc23)c1. The standard InChI is InChI=1S/C17H15N5O3S/c1-10-4-5-12(25-2)7-13(10)14-6-11-8-18-17(26(3,23)24)20-15(11)22-9-19-21-16(14)22/h4-9H,1-3H3. The Kier molecular flexibility index (Phi) is 3.62. The molecule has 0 aliphatic rings. The van der Waals surface area contributed by atoms with Crippen LogP contribution in [0.25, 0.3) is 27.8 Å². The average Bonchev–Trinajstić information content (AvgIpc) is 3.10. The normalized spacial score (nSPS) is 12.0. The number of pyridine rings is 1. The minimum Gasteiger partial charge on any atom is -0.497 e. The van der Waals surface area contributed by atoms with Gasteiger partial charge in [0.05, 0.1) is 7.11 Å². The monoisotopic (exact) mass is 369 g/mol. The van der Waals surface area contributed by atoms with Crippen LogP contribution in [0.5, 0.6) is 5.75 Å². The number of aromatic nitrogens is 5. The maximum absolute atomic E-state index is 11.8. The van der Waals surface area contributed by atoms with E-state index >= 15 is 0 Å². The fraction of sp³-hybridized carbons (Fsp3) is 0.176. The maximum Gasteiger partial charge on any atom is 0.248 e. The van der Waals surface area contributed by atoms with Crippen LogP contribution in [0.2, 0.25) is 0 Å². The molecule has 0 atom stereocenters. The zero-order valence-electron chi connectivity index (χ0n) is 14.3. The molecule has 8 nitrogen and oxygen atoms in total. The highest BCUT2D eigenvalue weighted by Gasteiger charge is 2.17. The van der Waals surface area contributed by atoms with E-state index < -0.39 is 9.84 Å². The largest absolute Gasteiger partial charge is 0.497 e. The fourth-order valence-electron chi connectivity index (χ4n) is 2.85. The van der Waals surface area contributed by atoms with E-state index in [1.165, 1.54) is 12.5 Å². The van der Waals surface area contributed by atoms with E-state index in [0.29, 0.717) is 16.7 Å². The van der Waals surface area contributed by atoms with Crippen molar-refractivity contribution in [1.82, 2.24) is 24.6 Å². The van der Waals surface area contributed by atoms with Gasteiger partial charge >= 0.3 is 0 Å². The van der Waals surface area contributed by atoms with E-state index in [4.69, 9.17) is 4.74 Å². The molecule has 0 radical (unpaired) electrons. The predicted molar refractivity (Wildman–Crippen MR) is 95.9 cm³/mol. The third kappa shape index (κ3) is 2.57. The molecule has 3 heterocycles. The van der Waals surface area contributed by atoms with Crippen molar-refractivity contribution in [3.8, 4) is 16.9 Å². The van der Waals surface area contributed by atoms with Gasteiger partial charge in [0.1, 0.15) is 12.1 Å². The smallest absolute Gasteiger partial charge is 0.248 e. The van der Waals surface area contributed by atoms with Crippen LogP contribution >= 0.6 is 0 Å². The molecule has 0 unspecified atom stereocenters. The number of sulfone groups is 1. The first-order chi connectivity index (χ1) is 12.4. The topological polar surface area (TPSA) is 99.3 Å². The van der Waals surface area contributed by atoms with E-state index in [-0.39, 0.29) is 5.16 Å². The van der Waals surface area contributed by atoms with Crippen molar-refractivity contribution in [1.29, 1.82) is 0 Å². The van der Waals surface area contributed by atoms with E-state index in [1.54, 1.807) is 11.5 Å². The molecular formula is C17H15N5O3S. The van der Waals surface area contributed by atoms with Crippen molar-refractivity contribution in [2.45, 2.75) is 12.1 Å². The number of aryl methyl sites for hydroxylation is 1. The molecule has 0 spiro atoms. The van der Waals surface area contributed by atoms with Gasteiger partial charge < -0.3 is 4.74 Å². The molecule has 0 bridgehead atoms. The third-order valence-corrected chi connectivity index (χ3v) is 5.02. The summed E-state index contributed by atoms with van der Waals surface area (Å²) in [6.07, 6.45) is 4.08. The quantitative estimate of drug-likeness (QED) is 0.510. The second-order valence-electron chi connectivity index (χ2n) is 5.97. The number of ether oxygens (including phenoxy) is 1. The van der Waals surface area contributed by atoms with Gasteiger partial charge in [-0.25, -0.2) is 13.4 Å². The number of benzene rings is 1. The zero-order valence-corrected chi connectivity index (χ0v) is 15.1. The molecule has 0 amide bonds. The van der Waals surface area contributed by atoms with E-state index in [0.717, 1.165) is 28.7 Å². The van der Waals surface area contributed by atoms with Gasteiger partial charge in [0, 0.05) is 23.4 Å². The molecule has 0 saturated heterocycles. The molecular weight excluding hydrogens is 354 g/mol. The molecule has 3 aromatic heterocycles. The Balaban J connectivity index is 2.07. The molecule has 1 aromatic carbocycles. The van der Waals surface area contributed by atoms with E-state index in [2.05, 4.69) is 20.2 Å². The lowest BCUT2D eigenvalue weighted by atomic mass is 10.0. The summed E-state index contributed by atoms with van der Waals surface area (Å²) in [5, 5.41) is 8.62. The van der Waals surface area contributed by atoms with Gasteiger partial charge in [-0.3, -0.25) is 4.40 Å². The molecule has 0 aliphatic heterocycles. The van der Waals surface area contributed by atoms with E-state index in [9.17, 15) is 8.42 Å². The number of fused-ring (bicyclic) bond motifs is 3. The molecule has 132 valence electrons. The lowest BCUT2D eigenvalue weighted by Gasteiger charge is -2.11. The van der Waals surface area contributed by atoms with Crippen molar-refractivity contribution in [3.05, 3.63) is 42.4 Å². The minimum absolute atomic E-state index is 0.231. The lowest BCUT2D eigenvalue weighted by molar-refractivity contribution is 0.415. The van der Waals surface area contributed by atoms with Crippen LogP contribution in [-0.2, 0) is 9.84 Å². The molecule has 9 heteroatoms. The molecule has 0 N–H and O–H groups in total. The Morgan fingerprint density at radius 1 is 1.12 bits per heavy atom. The summed E-state index contributed by atoms with van der Waals surface area (Å²) in [7, 11) is -1.90. The highest BCUT2D eigenvalue weighted by atomic mass is 32.2. The van der Waals surface area contributed by atoms with Crippen molar-refractivity contribution in [3.63, 3.8) is 0 Å². The number of rotatable bonds is 3. The number of nitrogens with zero attached hydrogens (tertiary/aromatic N) is 5. The first kappa shape index (κ1) is 16.4. The lowest BCUT2D eigenvalue weighted by Crippen LogP contribution is -2.05. The Hall–Kier alpha value is -3.07. The van der Waals surface area contributed by atoms with Crippen LogP contribution in [0.4, 0.5) is 0 Å². The molecule has 4 rings (SSSR count). The second kappa shape index (κ2) is 5.73. The van der Waals surface area contributed by atoms with Crippen molar-refractivity contribution in [2.75, 3.05) is 13.4 Å². The zero-order chi connectivity index (χ0) is 18.5.